The maximum absolute atomic E-state index is 13.6. The van der Waals surface area contributed by atoms with Crippen LogP contribution in [0.1, 0.15) is 33.3 Å². The Morgan fingerprint density at radius 2 is 2.00 bits per heavy atom. The third-order valence-corrected chi connectivity index (χ3v) is 2.37. The second-order valence-electron chi connectivity index (χ2n) is 5.12. The maximum Gasteiger partial charge on any atom is 0.165 e. The van der Waals surface area contributed by atoms with Gasteiger partial charge in [-0.3, -0.25) is 0 Å². The van der Waals surface area contributed by atoms with E-state index >= 15 is 0 Å². The number of hydrogen-bond acceptors (Lipinski definition) is 2. The number of benzene rings is 1. The molecule has 3 heteroatoms. The Bertz CT molecular complexity index is 358. The molecule has 0 aromatic heterocycles. The minimum atomic E-state index is -0.278. The molecule has 17 heavy (non-hydrogen) atoms. The summed E-state index contributed by atoms with van der Waals surface area (Å²) < 4.78 is 18.7. The quantitative estimate of drug-likeness (QED) is 0.852. The first-order valence-corrected chi connectivity index (χ1v) is 6.08. The van der Waals surface area contributed by atoms with Gasteiger partial charge in [0.25, 0.3) is 0 Å². The van der Waals surface area contributed by atoms with Gasteiger partial charge in [0.2, 0.25) is 0 Å². The first kappa shape index (κ1) is 14.0. The van der Waals surface area contributed by atoms with Gasteiger partial charge < -0.3 is 10.1 Å². The highest BCUT2D eigenvalue weighted by Crippen LogP contribution is 2.18. The second-order valence-corrected chi connectivity index (χ2v) is 5.12. The molecule has 0 radical (unpaired) electrons. The summed E-state index contributed by atoms with van der Waals surface area (Å²) in [6.45, 7) is 9.53. The molecule has 0 aliphatic rings. The topological polar surface area (TPSA) is 21.3 Å². The molecule has 1 aromatic rings. The molecule has 1 rings (SSSR count). The lowest BCUT2D eigenvalue weighted by Crippen LogP contribution is -2.37. The fourth-order valence-electron chi connectivity index (χ4n) is 1.55. The van der Waals surface area contributed by atoms with Gasteiger partial charge in [-0.25, -0.2) is 4.39 Å². The van der Waals surface area contributed by atoms with E-state index in [-0.39, 0.29) is 11.4 Å². The van der Waals surface area contributed by atoms with Gasteiger partial charge >= 0.3 is 0 Å². The van der Waals surface area contributed by atoms with E-state index in [1.807, 2.05) is 13.0 Å². The zero-order valence-corrected chi connectivity index (χ0v) is 11.1. The summed E-state index contributed by atoms with van der Waals surface area (Å²) in [5.74, 6) is 0.0557. The molecule has 0 unspecified atom stereocenters. The summed E-state index contributed by atoms with van der Waals surface area (Å²) in [6.07, 6.45) is 0.820. The van der Waals surface area contributed by atoms with Crippen molar-refractivity contribution in [3.63, 3.8) is 0 Å². The Morgan fingerprint density at radius 1 is 1.29 bits per heavy atom. The summed E-state index contributed by atoms with van der Waals surface area (Å²) in [5, 5.41) is 3.38. The Kier molecular flexibility index (Phi) is 4.94. The van der Waals surface area contributed by atoms with E-state index in [9.17, 15) is 4.39 Å². The van der Waals surface area contributed by atoms with Gasteiger partial charge in [0.15, 0.2) is 11.6 Å². The third kappa shape index (κ3) is 5.18. The van der Waals surface area contributed by atoms with E-state index in [1.165, 1.54) is 0 Å². The molecule has 0 amide bonds. The van der Waals surface area contributed by atoms with Crippen LogP contribution in [0.2, 0.25) is 0 Å². The van der Waals surface area contributed by atoms with Crippen LogP contribution in [0, 0.1) is 5.82 Å². The minimum Gasteiger partial charge on any atom is -0.491 e. The lowest BCUT2D eigenvalue weighted by atomic mass is 10.1. The normalized spacial score (nSPS) is 11.6. The number of ether oxygens (including phenoxy) is 1. The molecule has 96 valence electrons. The van der Waals surface area contributed by atoms with E-state index in [0.29, 0.717) is 12.4 Å². The number of rotatable bonds is 5. The summed E-state index contributed by atoms with van der Waals surface area (Å²) in [7, 11) is 0. The molecular weight excluding hydrogens is 217 g/mol. The highest BCUT2D eigenvalue weighted by Gasteiger charge is 2.08. The minimum absolute atomic E-state index is 0.101. The van der Waals surface area contributed by atoms with Crippen molar-refractivity contribution >= 4 is 0 Å². The van der Waals surface area contributed by atoms with Crippen LogP contribution in [0.5, 0.6) is 5.75 Å². The Balaban J connectivity index is 2.53. The molecule has 0 atom stereocenters. The van der Waals surface area contributed by atoms with Crippen molar-refractivity contribution in [2.24, 2.45) is 0 Å². The summed E-state index contributed by atoms with van der Waals surface area (Å²) in [6, 6.07) is 5.17. The highest BCUT2D eigenvalue weighted by molar-refractivity contribution is 5.29. The van der Waals surface area contributed by atoms with Crippen molar-refractivity contribution < 1.29 is 9.13 Å². The van der Waals surface area contributed by atoms with Gasteiger partial charge in [-0.2, -0.15) is 0 Å². The van der Waals surface area contributed by atoms with Crippen LogP contribution < -0.4 is 10.1 Å². The average molecular weight is 239 g/mol. The van der Waals surface area contributed by atoms with Crippen molar-refractivity contribution in [2.75, 3.05) is 13.2 Å². The molecule has 0 saturated heterocycles. The molecule has 1 N–H and O–H groups in total. The molecule has 0 fully saturated rings. The summed E-state index contributed by atoms with van der Waals surface area (Å²) in [4.78, 5) is 0. The average Bonchev–Trinajstić information content (AvgIpc) is 2.20. The molecule has 0 aliphatic heterocycles. The lowest BCUT2D eigenvalue weighted by molar-refractivity contribution is 0.321. The van der Waals surface area contributed by atoms with E-state index in [0.717, 1.165) is 18.5 Å². The zero-order chi connectivity index (χ0) is 12.9. The second kappa shape index (κ2) is 6.01. The maximum atomic E-state index is 13.6. The number of halogens is 1. The monoisotopic (exact) mass is 239 g/mol. The van der Waals surface area contributed by atoms with E-state index in [2.05, 4.69) is 26.1 Å². The van der Waals surface area contributed by atoms with Gasteiger partial charge in [0.1, 0.15) is 0 Å². The molecule has 1 aromatic carbocycles. The third-order valence-electron chi connectivity index (χ3n) is 2.37. The van der Waals surface area contributed by atoms with Gasteiger partial charge in [0, 0.05) is 5.54 Å². The molecule has 0 aliphatic carbocycles. The molecule has 0 saturated carbocycles. The first-order valence-electron chi connectivity index (χ1n) is 6.08. The molecule has 0 spiro atoms. The van der Waals surface area contributed by atoms with Crippen LogP contribution >= 0.6 is 0 Å². The molecule has 2 nitrogen and oxygen atoms in total. The van der Waals surface area contributed by atoms with Crippen LogP contribution in [-0.4, -0.2) is 18.7 Å². The predicted octanol–water partition coefficient (Wildman–Crippen LogP) is 3.16. The van der Waals surface area contributed by atoms with E-state index in [4.69, 9.17) is 4.74 Å². The van der Waals surface area contributed by atoms with Crippen LogP contribution in [0.15, 0.2) is 18.2 Å². The first-order chi connectivity index (χ1) is 7.92. The summed E-state index contributed by atoms with van der Waals surface area (Å²) >= 11 is 0. The summed E-state index contributed by atoms with van der Waals surface area (Å²) in [5.41, 5.74) is 1.09. The van der Waals surface area contributed by atoms with Crippen molar-refractivity contribution in [1.82, 2.24) is 5.32 Å². The van der Waals surface area contributed by atoms with Crippen LogP contribution in [-0.2, 0) is 6.42 Å². The number of nitrogens with one attached hydrogen (secondary N) is 1. The van der Waals surface area contributed by atoms with Crippen molar-refractivity contribution in [3.05, 3.63) is 29.6 Å². The van der Waals surface area contributed by atoms with Crippen molar-refractivity contribution in [3.8, 4) is 5.75 Å². The highest BCUT2D eigenvalue weighted by atomic mass is 19.1. The number of hydrogen-bond donors (Lipinski definition) is 1. The predicted molar refractivity (Wildman–Crippen MR) is 69.0 cm³/mol. The Labute approximate surface area is 103 Å². The Morgan fingerprint density at radius 3 is 2.53 bits per heavy atom. The van der Waals surface area contributed by atoms with Gasteiger partial charge in [0.05, 0.1) is 6.61 Å². The molecular formula is C14H22FNO. The SMILES string of the molecule is CCOc1ccc(CCNC(C)(C)C)cc1F. The fourth-order valence-corrected chi connectivity index (χ4v) is 1.55. The van der Waals surface area contributed by atoms with Gasteiger partial charge in [-0.15, -0.1) is 0 Å². The smallest absolute Gasteiger partial charge is 0.165 e. The Hall–Kier alpha value is -1.09. The largest absolute Gasteiger partial charge is 0.491 e. The van der Waals surface area contributed by atoms with Crippen molar-refractivity contribution in [2.45, 2.75) is 39.7 Å². The molecule has 0 heterocycles. The standard InChI is InChI=1S/C14H22FNO/c1-5-17-13-7-6-11(10-12(13)15)8-9-16-14(2,3)4/h6-7,10,16H,5,8-9H2,1-4H3. The van der Waals surface area contributed by atoms with Gasteiger partial charge in [-0.1, -0.05) is 6.07 Å². The van der Waals surface area contributed by atoms with E-state index in [1.54, 1.807) is 12.1 Å². The molecule has 0 bridgehead atoms. The lowest BCUT2D eigenvalue weighted by Gasteiger charge is -2.20. The van der Waals surface area contributed by atoms with Crippen LogP contribution in [0.4, 0.5) is 4.39 Å². The fraction of sp³-hybridized carbons (Fsp3) is 0.571. The van der Waals surface area contributed by atoms with E-state index < -0.39 is 0 Å². The van der Waals surface area contributed by atoms with Gasteiger partial charge in [-0.05, 0) is 58.4 Å². The zero-order valence-electron chi connectivity index (χ0n) is 11.1. The van der Waals surface area contributed by atoms with Crippen LogP contribution in [0.3, 0.4) is 0 Å². The van der Waals surface area contributed by atoms with Crippen LogP contribution in [0.25, 0.3) is 0 Å². The van der Waals surface area contributed by atoms with Crippen molar-refractivity contribution in [1.29, 1.82) is 0 Å².